The molecule has 0 bridgehead atoms. The van der Waals surface area contributed by atoms with E-state index in [4.69, 9.17) is 4.43 Å². The summed E-state index contributed by atoms with van der Waals surface area (Å²) in [4.78, 5) is 28.3. The van der Waals surface area contributed by atoms with Gasteiger partial charge in [-0.3, -0.25) is 9.45 Å². The summed E-state index contributed by atoms with van der Waals surface area (Å²) in [7, 11) is -16.0. The summed E-state index contributed by atoms with van der Waals surface area (Å²) in [6, 6.07) is 21.7. The van der Waals surface area contributed by atoms with Crippen molar-refractivity contribution in [3.8, 4) is 0 Å². The zero-order valence-electron chi connectivity index (χ0n) is 43.9. The first-order chi connectivity index (χ1) is 28.7. The van der Waals surface area contributed by atoms with Crippen LogP contribution in [0.15, 0.2) is 84.0 Å². The Morgan fingerprint density at radius 2 is 1.12 bits per heavy atom. The lowest BCUT2D eigenvalue weighted by atomic mass is 10.1. The molecule has 0 unspecified atom stereocenters. The van der Waals surface area contributed by atoms with E-state index in [0.29, 0.717) is 12.2 Å². The molecule has 0 aliphatic rings. The number of imidazole rings is 1. The molecule has 1 heterocycles. The van der Waals surface area contributed by atoms with Gasteiger partial charge in [0, 0.05) is 37.1 Å². The minimum Gasteiger partial charge on any atom is -0.535 e. The van der Waals surface area contributed by atoms with Crippen LogP contribution in [-0.4, -0.2) is 98.2 Å². The number of benzene rings is 2. The minimum absolute atomic E-state index is 0.182. The van der Waals surface area contributed by atoms with Crippen LogP contribution in [0.25, 0.3) is 0 Å². The quantitative estimate of drug-likeness (QED) is 0.0723. The lowest BCUT2D eigenvalue weighted by Crippen LogP contribution is -2.50. The largest absolute Gasteiger partial charge is 0.535 e. The maximum Gasteiger partial charge on any atom is 0.522 e. The van der Waals surface area contributed by atoms with Crippen LogP contribution in [0.2, 0.25) is 150 Å². The molecule has 0 aliphatic heterocycles. The summed E-state index contributed by atoms with van der Waals surface area (Å²) in [5.74, 6) is 1.57. The van der Waals surface area contributed by atoms with Gasteiger partial charge in [0.1, 0.15) is 5.78 Å². The van der Waals surface area contributed by atoms with E-state index in [1.165, 1.54) is 19.6 Å². The molecular formula is C44H85F3N4O6SSi7. The maximum atomic E-state index is 12.7. The third-order valence-electron chi connectivity index (χ3n) is 7.46. The first-order valence-corrected chi connectivity index (χ1v) is 47.9. The number of alkyl halides is 3. The summed E-state index contributed by atoms with van der Waals surface area (Å²) < 4.78 is 74.2. The topological polar surface area (TPSA) is 120 Å². The molecule has 0 radical (unpaired) electrons. The lowest BCUT2D eigenvalue weighted by molar-refractivity contribution is -0.117. The van der Waals surface area contributed by atoms with Gasteiger partial charge in [0.15, 0.2) is 30.6 Å². The van der Waals surface area contributed by atoms with E-state index in [2.05, 4.69) is 136 Å². The maximum absolute atomic E-state index is 12.7. The number of para-hydroxylation sites is 1. The van der Waals surface area contributed by atoms with E-state index >= 15 is 0 Å². The fourth-order valence-electron chi connectivity index (χ4n) is 5.55. The summed E-state index contributed by atoms with van der Waals surface area (Å²) in [6.45, 7) is 46.2. The predicted octanol–water partition coefficient (Wildman–Crippen LogP) is 13.7. The second kappa shape index (κ2) is 26.3. The summed E-state index contributed by atoms with van der Waals surface area (Å²) >= 11 is 0. The van der Waals surface area contributed by atoms with Crippen LogP contribution >= 0.6 is 0 Å². The van der Waals surface area contributed by atoms with E-state index in [-0.39, 0.29) is 5.91 Å². The van der Waals surface area contributed by atoms with Crippen LogP contribution < -0.4 is 4.57 Å². The number of amides is 1. The highest BCUT2D eigenvalue weighted by molar-refractivity contribution is 7.88. The number of hydrogen-bond donors (Lipinski definition) is 0. The third-order valence-corrected chi connectivity index (χ3v) is 19.4. The summed E-state index contributed by atoms with van der Waals surface area (Å²) in [5.41, 5.74) is -3.24. The number of nitrogens with zero attached hydrogens (tertiary/aromatic N) is 4. The van der Waals surface area contributed by atoms with Crippen molar-refractivity contribution in [2.75, 3.05) is 4.57 Å². The van der Waals surface area contributed by atoms with Crippen LogP contribution in [0.4, 0.5) is 18.9 Å². The van der Waals surface area contributed by atoms with Gasteiger partial charge in [0.25, 0.3) is 0 Å². The number of anilines is 1. The number of rotatable bonds is 13. The third kappa shape index (κ3) is 34.4. The Bertz CT molecular complexity index is 1960. The SMILES string of the molecule is CC(=N[Si](C)(C)C)O[Si](C)(C)C.C[Si](C)(C)CC(=O)C[Si](C)(C)C.C[Si](C)(C)N(C(=O)Cc1ccccc1)c1ccccc1.C[Si](C)(C)OS(=O)(=O)C(F)(F)F.C[Si](C)(C)n1ccnc1. The van der Waals surface area contributed by atoms with Crippen molar-refractivity contribution in [3.05, 3.63) is 84.9 Å². The highest BCUT2D eigenvalue weighted by Crippen LogP contribution is 2.27. The highest BCUT2D eigenvalue weighted by atomic mass is 32.2. The number of hydrogen-bond acceptors (Lipinski definition) is 8. The van der Waals surface area contributed by atoms with Gasteiger partial charge in [0.2, 0.25) is 22.5 Å². The molecule has 3 rings (SSSR count). The molecule has 10 nitrogen and oxygen atoms in total. The van der Waals surface area contributed by atoms with Crippen LogP contribution in [0.3, 0.4) is 0 Å². The van der Waals surface area contributed by atoms with E-state index in [0.717, 1.165) is 29.2 Å². The van der Waals surface area contributed by atoms with Crippen molar-refractivity contribution < 1.29 is 39.5 Å². The highest BCUT2D eigenvalue weighted by Gasteiger charge is 2.49. The zero-order chi connectivity index (χ0) is 51.7. The van der Waals surface area contributed by atoms with Gasteiger partial charge in [0.05, 0.1) is 28.9 Å². The van der Waals surface area contributed by atoms with Gasteiger partial charge in [-0.1, -0.05) is 127 Å². The van der Waals surface area contributed by atoms with E-state index in [1.54, 1.807) is 0 Å². The molecule has 2 aromatic carbocycles. The molecule has 1 aromatic heterocycles. The van der Waals surface area contributed by atoms with E-state index < -0.39 is 73.1 Å². The van der Waals surface area contributed by atoms with Crippen LogP contribution in [0.1, 0.15) is 12.5 Å². The van der Waals surface area contributed by atoms with Gasteiger partial charge >= 0.3 is 15.6 Å². The van der Waals surface area contributed by atoms with Crippen molar-refractivity contribution in [3.63, 3.8) is 0 Å². The van der Waals surface area contributed by atoms with Crippen LogP contribution in [-0.2, 0) is 34.4 Å². The van der Waals surface area contributed by atoms with Crippen molar-refractivity contribution in [2.24, 2.45) is 4.66 Å². The Labute approximate surface area is 399 Å². The van der Waals surface area contributed by atoms with E-state index in [9.17, 15) is 31.2 Å². The van der Waals surface area contributed by atoms with Crippen LogP contribution in [0.5, 0.6) is 0 Å². The van der Waals surface area contributed by atoms with Gasteiger partial charge < -0.3 is 21.9 Å². The molecule has 21 heteroatoms. The van der Waals surface area contributed by atoms with Crippen molar-refractivity contribution in [1.29, 1.82) is 0 Å². The molecule has 3 aromatic rings. The first-order valence-electron chi connectivity index (χ1n) is 21.9. The predicted molar refractivity (Wildman–Crippen MR) is 290 cm³/mol. The second-order valence-corrected chi connectivity index (χ2v) is 59.0. The van der Waals surface area contributed by atoms with Crippen molar-refractivity contribution in [1.82, 2.24) is 9.22 Å². The Morgan fingerprint density at radius 3 is 1.40 bits per heavy atom. The number of ketones is 1. The molecule has 65 heavy (non-hydrogen) atoms. The summed E-state index contributed by atoms with van der Waals surface area (Å²) in [5, 5.41) is 0. The average Bonchev–Trinajstić information content (AvgIpc) is 3.58. The molecule has 372 valence electrons. The standard InChI is InChI=1S/C17H21NOSi.C9H22OSi2.C8H21NOSi2.C6H12N2Si.C4H9F3O3SSi/c1-20(2,3)18(16-12-8-5-9-13-16)17(19)14-15-10-6-4-7-11-15;1-11(2,3)7-9(10)8-12(4,5)6;1-8(9-11(2,3)4)10-12(5,6)7;1-9(2,3)8-5-4-7-6-8;1-12(2,3)10-11(8,9)4(5,6)7/h4-13H,14H2,1-3H3;7-8H2,1-6H3;1-7H3;4-6H,1-3H3;1-3H3. The average molecular weight is 1050 g/mol. The summed E-state index contributed by atoms with van der Waals surface area (Å²) in [6.07, 6.45) is 6.22. The van der Waals surface area contributed by atoms with Gasteiger partial charge in [-0.05, 0) is 76.6 Å². The molecule has 1 amide bonds. The number of aromatic nitrogens is 2. The Balaban J connectivity index is 0. The molecule has 0 N–H and O–H groups in total. The minimum atomic E-state index is -5.39. The fourth-order valence-corrected chi connectivity index (χ4v) is 16.1. The van der Waals surface area contributed by atoms with Gasteiger partial charge in [-0.25, -0.2) is 4.98 Å². The molecule has 0 atom stereocenters. The molecule has 0 aliphatic carbocycles. The van der Waals surface area contributed by atoms with E-state index in [1.807, 2.05) is 90.9 Å². The number of carbonyl (C=O) groups is 2. The molecule has 0 spiro atoms. The second-order valence-electron chi connectivity index (χ2n) is 23.2. The molecule has 0 saturated carbocycles. The Hall–Kier alpha value is -2.52. The van der Waals surface area contributed by atoms with Crippen molar-refractivity contribution in [2.45, 2.75) is 168 Å². The zero-order valence-corrected chi connectivity index (χ0v) is 51.7. The number of carbonyl (C=O) groups excluding carboxylic acids is 2. The normalized spacial score (nSPS) is 13.0. The van der Waals surface area contributed by atoms with Gasteiger partial charge in [-0.2, -0.15) is 21.6 Å². The fraction of sp³-hybridized carbons (Fsp3) is 0.591. The smallest absolute Gasteiger partial charge is 0.522 e. The van der Waals surface area contributed by atoms with Gasteiger partial charge in [-0.15, -0.1) is 0 Å². The molecular weight excluding hydrogens is 966 g/mol. The number of Topliss-reactive ketones (excluding diaryl/α,β-unsaturated/α-hetero) is 1. The first kappa shape index (κ1) is 64.6. The number of halogens is 3. The van der Waals surface area contributed by atoms with Crippen molar-refractivity contribution >= 4 is 90.9 Å². The van der Waals surface area contributed by atoms with Crippen LogP contribution in [0, 0.1) is 0 Å². The Morgan fingerprint density at radius 1 is 0.692 bits per heavy atom. The lowest BCUT2D eigenvalue weighted by Gasteiger charge is -2.34. The molecule has 0 saturated heterocycles. The monoisotopic (exact) mass is 1050 g/mol. The molecule has 0 fully saturated rings. The Kier molecular flexibility index (Phi) is 26.1.